The molecule has 1 rings (SSSR count). The van der Waals surface area contributed by atoms with Gasteiger partial charge in [0.2, 0.25) is 5.91 Å². The number of carbonyl (C=O) groups excluding carboxylic acids is 1. The number of halogens is 3. The van der Waals surface area contributed by atoms with Crippen molar-refractivity contribution in [1.29, 1.82) is 0 Å². The molecule has 1 amide bonds. The molecule has 0 fully saturated rings. The van der Waals surface area contributed by atoms with E-state index in [0.717, 1.165) is 18.5 Å². The molecular formula is C10H9F3N2O. The second-order valence-corrected chi connectivity index (χ2v) is 3.03. The molecule has 0 atom stereocenters. The Morgan fingerprint density at radius 2 is 2.19 bits per heavy atom. The zero-order valence-corrected chi connectivity index (χ0v) is 8.16. The van der Waals surface area contributed by atoms with Crippen LogP contribution >= 0.6 is 0 Å². The van der Waals surface area contributed by atoms with Gasteiger partial charge in [0.25, 0.3) is 0 Å². The minimum Gasteiger partial charge on any atom is -0.369 e. The largest absolute Gasteiger partial charge is 0.417 e. The number of hydrogen-bond acceptors (Lipinski definition) is 2. The Balaban J connectivity index is 2.96. The number of rotatable bonds is 3. The van der Waals surface area contributed by atoms with Gasteiger partial charge >= 0.3 is 6.18 Å². The summed E-state index contributed by atoms with van der Waals surface area (Å²) in [6.45, 7) is 0. The molecule has 1 aromatic rings. The van der Waals surface area contributed by atoms with Crippen LogP contribution < -0.4 is 5.73 Å². The number of aromatic nitrogens is 1. The maximum atomic E-state index is 12.5. The first-order valence-electron chi connectivity index (χ1n) is 4.37. The lowest BCUT2D eigenvalue weighted by Crippen LogP contribution is -2.09. The van der Waals surface area contributed by atoms with Crippen LogP contribution in [-0.2, 0) is 11.0 Å². The first-order valence-corrected chi connectivity index (χ1v) is 4.37. The molecule has 16 heavy (non-hydrogen) atoms. The lowest BCUT2D eigenvalue weighted by Gasteiger charge is -2.08. The van der Waals surface area contributed by atoms with Gasteiger partial charge in [0.15, 0.2) is 0 Å². The molecule has 0 aliphatic heterocycles. The summed E-state index contributed by atoms with van der Waals surface area (Å²) >= 11 is 0. The van der Waals surface area contributed by atoms with Crippen LogP contribution in [0.4, 0.5) is 13.2 Å². The molecule has 0 aromatic carbocycles. The molecule has 86 valence electrons. The van der Waals surface area contributed by atoms with Gasteiger partial charge in [-0.3, -0.25) is 9.78 Å². The van der Waals surface area contributed by atoms with Crippen molar-refractivity contribution in [2.45, 2.75) is 12.6 Å². The molecule has 6 heteroatoms. The molecule has 0 spiro atoms. The van der Waals surface area contributed by atoms with Crippen molar-refractivity contribution in [2.75, 3.05) is 0 Å². The Bertz CT molecular complexity index is 413. The number of carbonyl (C=O) groups is 1. The summed E-state index contributed by atoms with van der Waals surface area (Å²) in [7, 11) is 0. The van der Waals surface area contributed by atoms with E-state index in [1.165, 1.54) is 12.2 Å². The summed E-state index contributed by atoms with van der Waals surface area (Å²) in [5.41, 5.74) is 3.98. The van der Waals surface area contributed by atoms with Gasteiger partial charge in [0.05, 0.1) is 5.56 Å². The molecule has 0 unspecified atom stereocenters. The van der Waals surface area contributed by atoms with Crippen LogP contribution in [0.15, 0.2) is 24.5 Å². The lowest BCUT2D eigenvalue weighted by atomic mass is 10.1. The number of nitrogens with two attached hydrogens (primary N) is 1. The van der Waals surface area contributed by atoms with Gasteiger partial charge < -0.3 is 5.73 Å². The predicted octanol–water partition coefficient (Wildman–Crippen LogP) is 1.99. The lowest BCUT2D eigenvalue weighted by molar-refractivity contribution is -0.137. The van der Waals surface area contributed by atoms with Crippen LogP contribution in [0.2, 0.25) is 0 Å². The fraction of sp³-hybridized carbons (Fsp3) is 0.200. The SMILES string of the molecule is NC(=O)CC=Cc1cnccc1C(F)(F)F. The number of pyridine rings is 1. The van der Waals surface area contributed by atoms with E-state index < -0.39 is 17.6 Å². The third-order valence-electron chi connectivity index (χ3n) is 1.77. The van der Waals surface area contributed by atoms with Crippen molar-refractivity contribution in [1.82, 2.24) is 4.98 Å². The van der Waals surface area contributed by atoms with Crippen molar-refractivity contribution in [3.63, 3.8) is 0 Å². The molecule has 0 saturated carbocycles. The van der Waals surface area contributed by atoms with Gasteiger partial charge in [0, 0.05) is 24.4 Å². The summed E-state index contributed by atoms with van der Waals surface area (Å²) in [5, 5.41) is 0. The van der Waals surface area contributed by atoms with Crippen molar-refractivity contribution in [3.05, 3.63) is 35.7 Å². The number of nitrogens with zero attached hydrogens (tertiary/aromatic N) is 1. The van der Waals surface area contributed by atoms with Gasteiger partial charge in [-0.2, -0.15) is 13.2 Å². The van der Waals surface area contributed by atoms with Crippen molar-refractivity contribution >= 4 is 12.0 Å². The summed E-state index contributed by atoms with van der Waals surface area (Å²) in [6.07, 6.45) is 0.0608. The van der Waals surface area contributed by atoms with Crippen LogP contribution in [0.3, 0.4) is 0 Å². The minimum absolute atomic E-state index is 0.0868. The number of hydrogen-bond donors (Lipinski definition) is 1. The standard InChI is InChI=1S/C10H9F3N2O/c11-10(12,13)8-4-5-15-6-7(8)2-1-3-9(14)16/h1-2,4-6H,3H2,(H2,14,16). The zero-order valence-electron chi connectivity index (χ0n) is 8.16. The summed E-state index contributed by atoms with van der Waals surface area (Å²) in [4.78, 5) is 14.0. The van der Waals surface area contributed by atoms with E-state index in [0.29, 0.717) is 0 Å². The van der Waals surface area contributed by atoms with Crippen LogP contribution in [-0.4, -0.2) is 10.9 Å². The Hall–Kier alpha value is -1.85. The third-order valence-corrected chi connectivity index (χ3v) is 1.77. The molecular weight excluding hydrogens is 221 g/mol. The van der Waals surface area contributed by atoms with E-state index in [1.54, 1.807) is 0 Å². The first kappa shape index (κ1) is 12.2. The summed E-state index contributed by atoms with van der Waals surface area (Å²) < 4.78 is 37.4. The van der Waals surface area contributed by atoms with Crippen LogP contribution in [0, 0.1) is 0 Å². The molecule has 3 nitrogen and oxygen atoms in total. The maximum Gasteiger partial charge on any atom is 0.417 e. The average Bonchev–Trinajstić information content (AvgIpc) is 2.16. The molecule has 0 aliphatic carbocycles. The van der Waals surface area contributed by atoms with Crippen LogP contribution in [0.25, 0.3) is 6.08 Å². The minimum atomic E-state index is -4.44. The van der Waals surface area contributed by atoms with Gasteiger partial charge in [-0.25, -0.2) is 0 Å². The smallest absolute Gasteiger partial charge is 0.369 e. The second-order valence-electron chi connectivity index (χ2n) is 3.03. The third kappa shape index (κ3) is 3.38. The fourth-order valence-corrected chi connectivity index (χ4v) is 1.10. The zero-order chi connectivity index (χ0) is 12.2. The Kier molecular flexibility index (Phi) is 3.65. The molecule has 1 aromatic heterocycles. The van der Waals surface area contributed by atoms with E-state index >= 15 is 0 Å². The van der Waals surface area contributed by atoms with E-state index in [4.69, 9.17) is 5.73 Å². The topological polar surface area (TPSA) is 56.0 Å². The molecule has 2 N–H and O–H groups in total. The number of amides is 1. The highest BCUT2D eigenvalue weighted by Gasteiger charge is 2.32. The number of primary amides is 1. The molecule has 0 radical (unpaired) electrons. The van der Waals surface area contributed by atoms with E-state index in [2.05, 4.69) is 4.98 Å². The molecule has 1 heterocycles. The fourth-order valence-electron chi connectivity index (χ4n) is 1.10. The highest BCUT2D eigenvalue weighted by atomic mass is 19.4. The Morgan fingerprint density at radius 3 is 2.75 bits per heavy atom. The molecule has 0 saturated heterocycles. The molecule has 0 bridgehead atoms. The highest BCUT2D eigenvalue weighted by Crippen LogP contribution is 2.31. The average molecular weight is 230 g/mol. The van der Waals surface area contributed by atoms with Gasteiger partial charge in [-0.15, -0.1) is 0 Å². The summed E-state index contributed by atoms with van der Waals surface area (Å²) in [5.74, 6) is -0.603. The van der Waals surface area contributed by atoms with Gasteiger partial charge in [-0.05, 0) is 6.07 Å². The van der Waals surface area contributed by atoms with Crippen molar-refractivity contribution in [3.8, 4) is 0 Å². The normalized spacial score (nSPS) is 11.9. The van der Waals surface area contributed by atoms with E-state index in [1.807, 2.05) is 0 Å². The first-order chi connectivity index (χ1) is 7.41. The molecule has 0 aliphatic rings. The maximum absolute atomic E-state index is 12.5. The van der Waals surface area contributed by atoms with Crippen LogP contribution in [0.1, 0.15) is 17.5 Å². The summed E-state index contributed by atoms with van der Waals surface area (Å²) in [6, 6.07) is 0.879. The van der Waals surface area contributed by atoms with E-state index in [-0.39, 0.29) is 12.0 Å². The highest BCUT2D eigenvalue weighted by molar-refractivity contribution is 5.76. The number of alkyl halides is 3. The van der Waals surface area contributed by atoms with Gasteiger partial charge in [-0.1, -0.05) is 12.2 Å². The second kappa shape index (κ2) is 4.78. The van der Waals surface area contributed by atoms with Crippen molar-refractivity contribution < 1.29 is 18.0 Å². The monoisotopic (exact) mass is 230 g/mol. The van der Waals surface area contributed by atoms with Crippen LogP contribution in [0.5, 0.6) is 0 Å². The Morgan fingerprint density at radius 1 is 1.50 bits per heavy atom. The predicted molar refractivity (Wildman–Crippen MR) is 52.1 cm³/mol. The Labute approximate surface area is 89.8 Å². The van der Waals surface area contributed by atoms with E-state index in [9.17, 15) is 18.0 Å². The quantitative estimate of drug-likeness (QED) is 0.863. The van der Waals surface area contributed by atoms with Gasteiger partial charge in [0.1, 0.15) is 0 Å². The van der Waals surface area contributed by atoms with Crippen molar-refractivity contribution in [2.24, 2.45) is 5.73 Å².